The summed E-state index contributed by atoms with van der Waals surface area (Å²) in [5, 5.41) is 0.409. The molecule has 0 heterocycles. The van der Waals surface area contributed by atoms with Crippen LogP contribution in [0.5, 0.6) is 0 Å². The van der Waals surface area contributed by atoms with E-state index in [4.69, 9.17) is 17.3 Å². The van der Waals surface area contributed by atoms with Gasteiger partial charge in [-0.15, -0.1) is 0 Å². The number of halogens is 1. The van der Waals surface area contributed by atoms with Crippen molar-refractivity contribution in [2.45, 2.75) is 6.92 Å². The summed E-state index contributed by atoms with van der Waals surface area (Å²) < 4.78 is 26.5. The second kappa shape index (κ2) is 5.12. The van der Waals surface area contributed by atoms with Gasteiger partial charge >= 0.3 is 10.2 Å². The van der Waals surface area contributed by atoms with Crippen LogP contribution >= 0.6 is 11.6 Å². The Balaban J connectivity index is 3.24. The summed E-state index contributed by atoms with van der Waals surface area (Å²) in [6.07, 6.45) is 0. The number of anilines is 2. The van der Waals surface area contributed by atoms with Gasteiger partial charge in [-0.05, 0) is 25.1 Å². The van der Waals surface area contributed by atoms with Gasteiger partial charge in [-0.25, -0.2) is 0 Å². The number of benzene rings is 1. The van der Waals surface area contributed by atoms with Crippen LogP contribution in [0.25, 0.3) is 0 Å². The van der Waals surface area contributed by atoms with Gasteiger partial charge in [0, 0.05) is 20.6 Å². The maximum Gasteiger partial charge on any atom is 0.303 e. The minimum absolute atomic E-state index is 0.321. The van der Waals surface area contributed by atoms with Gasteiger partial charge in [-0.2, -0.15) is 12.7 Å². The molecule has 0 bridgehead atoms. The first-order valence-electron chi connectivity index (χ1n) is 5.06. The molecular formula is C10H16ClN3O2S. The number of nitrogens with zero attached hydrogens (tertiary/aromatic N) is 2. The summed E-state index contributed by atoms with van der Waals surface area (Å²) in [4.78, 5) is 0. The van der Waals surface area contributed by atoms with Gasteiger partial charge < -0.3 is 5.73 Å². The summed E-state index contributed by atoms with van der Waals surface area (Å²) in [6, 6.07) is 4.76. The highest BCUT2D eigenvalue weighted by molar-refractivity contribution is 7.90. The van der Waals surface area contributed by atoms with Crippen molar-refractivity contribution in [3.63, 3.8) is 0 Å². The van der Waals surface area contributed by atoms with Gasteiger partial charge in [0.2, 0.25) is 0 Å². The van der Waals surface area contributed by atoms with E-state index in [2.05, 4.69) is 0 Å². The zero-order valence-electron chi connectivity index (χ0n) is 10.0. The van der Waals surface area contributed by atoms with Crippen LogP contribution in [0, 0.1) is 0 Å². The third-order valence-electron chi connectivity index (χ3n) is 2.29. The summed E-state index contributed by atoms with van der Waals surface area (Å²) in [6.45, 7) is 2.08. The quantitative estimate of drug-likeness (QED) is 0.849. The van der Waals surface area contributed by atoms with E-state index in [-0.39, 0.29) is 0 Å². The highest BCUT2D eigenvalue weighted by atomic mass is 35.5. The lowest BCUT2D eigenvalue weighted by atomic mass is 10.3. The van der Waals surface area contributed by atoms with E-state index in [9.17, 15) is 8.42 Å². The molecule has 2 N–H and O–H groups in total. The van der Waals surface area contributed by atoms with Crippen LogP contribution in [0.15, 0.2) is 18.2 Å². The van der Waals surface area contributed by atoms with E-state index >= 15 is 0 Å². The Hall–Kier alpha value is -0.980. The number of hydrogen-bond acceptors (Lipinski definition) is 3. The molecule has 1 rings (SSSR count). The number of rotatable bonds is 4. The minimum Gasteiger partial charge on any atom is -0.397 e. The average molecular weight is 278 g/mol. The first kappa shape index (κ1) is 14.1. The van der Waals surface area contributed by atoms with Crippen molar-refractivity contribution < 1.29 is 8.42 Å². The van der Waals surface area contributed by atoms with Gasteiger partial charge in [0.15, 0.2) is 0 Å². The highest BCUT2D eigenvalue weighted by Gasteiger charge is 2.23. The smallest absolute Gasteiger partial charge is 0.303 e. The van der Waals surface area contributed by atoms with E-state index in [1.165, 1.54) is 18.4 Å². The predicted molar refractivity (Wildman–Crippen MR) is 71.5 cm³/mol. The molecule has 0 atom stereocenters. The molecule has 1 aromatic rings. The van der Waals surface area contributed by atoms with E-state index in [1.807, 2.05) is 0 Å². The van der Waals surface area contributed by atoms with Gasteiger partial charge in [0.25, 0.3) is 0 Å². The lowest BCUT2D eigenvalue weighted by Gasteiger charge is -2.26. The molecule has 96 valence electrons. The minimum atomic E-state index is -3.50. The Kier molecular flexibility index (Phi) is 4.24. The molecule has 0 spiro atoms. The molecule has 0 aliphatic heterocycles. The molecule has 0 saturated carbocycles. The third kappa shape index (κ3) is 2.83. The molecule has 1 aromatic carbocycles. The fourth-order valence-electron chi connectivity index (χ4n) is 1.36. The third-order valence-corrected chi connectivity index (χ3v) is 4.59. The number of nitrogens with two attached hydrogens (primary N) is 1. The summed E-state index contributed by atoms with van der Waals surface area (Å²) in [7, 11) is -0.537. The predicted octanol–water partition coefficient (Wildman–Crippen LogP) is 1.55. The summed E-state index contributed by atoms with van der Waals surface area (Å²) >= 11 is 5.80. The maximum absolute atomic E-state index is 12.0. The number of nitrogen functional groups attached to an aromatic ring is 1. The molecular weight excluding hydrogens is 262 g/mol. The highest BCUT2D eigenvalue weighted by Crippen LogP contribution is 2.26. The molecule has 0 radical (unpaired) electrons. The van der Waals surface area contributed by atoms with Crippen molar-refractivity contribution in [2.75, 3.05) is 30.7 Å². The Bertz CT molecular complexity index is 502. The molecule has 7 heteroatoms. The fourth-order valence-corrected chi connectivity index (χ4v) is 2.58. The normalized spacial score (nSPS) is 11.8. The lowest BCUT2D eigenvalue weighted by molar-refractivity contribution is 0.516. The van der Waals surface area contributed by atoms with E-state index in [0.717, 1.165) is 4.31 Å². The molecule has 0 aliphatic carbocycles. The standard InChI is InChI=1S/C10H16ClN3O2S/c1-4-14(17(15,16)13(2)3)8-5-6-9(11)10(12)7-8/h5-7H,4,12H2,1-3H3. The summed E-state index contributed by atoms with van der Waals surface area (Å²) in [5.41, 5.74) is 6.53. The van der Waals surface area contributed by atoms with Crippen LogP contribution in [0.1, 0.15) is 6.92 Å². The van der Waals surface area contributed by atoms with Crippen LogP contribution in [0.4, 0.5) is 11.4 Å². The topological polar surface area (TPSA) is 66.6 Å². The van der Waals surface area contributed by atoms with Crippen molar-refractivity contribution >= 4 is 33.2 Å². The van der Waals surface area contributed by atoms with Crippen molar-refractivity contribution in [1.82, 2.24) is 4.31 Å². The van der Waals surface area contributed by atoms with Gasteiger partial charge in [-0.3, -0.25) is 4.31 Å². The van der Waals surface area contributed by atoms with Crippen LogP contribution in [0.3, 0.4) is 0 Å². The molecule has 0 fully saturated rings. The number of hydrogen-bond donors (Lipinski definition) is 1. The maximum atomic E-state index is 12.0. The van der Waals surface area contributed by atoms with Crippen molar-refractivity contribution in [3.05, 3.63) is 23.2 Å². The molecule has 0 unspecified atom stereocenters. The SMILES string of the molecule is CCN(c1ccc(Cl)c(N)c1)S(=O)(=O)N(C)C. The molecule has 0 saturated heterocycles. The molecule has 17 heavy (non-hydrogen) atoms. The van der Waals surface area contributed by atoms with E-state index in [0.29, 0.717) is 22.9 Å². The van der Waals surface area contributed by atoms with Crippen LogP contribution in [-0.2, 0) is 10.2 Å². The van der Waals surface area contributed by atoms with Crippen LogP contribution in [-0.4, -0.2) is 33.4 Å². The first-order valence-corrected chi connectivity index (χ1v) is 6.83. The van der Waals surface area contributed by atoms with Gasteiger partial charge in [0.1, 0.15) is 0 Å². The van der Waals surface area contributed by atoms with Crippen molar-refractivity contribution in [2.24, 2.45) is 0 Å². The van der Waals surface area contributed by atoms with Crippen LogP contribution in [0.2, 0.25) is 5.02 Å². The first-order chi connectivity index (χ1) is 7.80. The van der Waals surface area contributed by atoms with Crippen LogP contribution < -0.4 is 10.0 Å². The fraction of sp³-hybridized carbons (Fsp3) is 0.400. The van der Waals surface area contributed by atoms with Gasteiger partial charge in [0.05, 0.1) is 16.4 Å². The zero-order valence-corrected chi connectivity index (χ0v) is 11.6. The average Bonchev–Trinajstić information content (AvgIpc) is 2.23. The van der Waals surface area contributed by atoms with Gasteiger partial charge in [-0.1, -0.05) is 11.6 Å². The molecule has 0 aromatic heterocycles. The molecule has 5 nitrogen and oxygen atoms in total. The second-order valence-electron chi connectivity index (χ2n) is 3.66. The Morgan fingerprint density at radius 1 is 1.35 bits per heavy atom. The lowest BCUT2D eigenvalue weighted by Crippen LogP contribution is -2.40. The Morgan fingerprint density at radius 3 is 2.35 bits per heavy atom. The largest absolute Gasteiger partial charge is 0.397 e. The second-order valence-corrected chi connectivity index (χ2v) is 6.13. The zero-order chi connectivity index (χ0) is 13.2. The van der Waals surface area contributed by atoms with Crippen molar-refractivity contribution in [3.8, 4) is 0 Å². The van der Waals surface area contributed by atoms with E-state index < -0.39 is 10.2 Å². The Morgan fingerprint density at radius 2 is 1.94 bits per heavy atom. The molecule has 0 aliphatic rings. The monoisotopic (exact) mass is 277 g/mol. The van der Waals surface area contributed by atoms with E-state index in [1.54, 1.807) is 25.1 Å². The molecule has 0 amide bonds. The Labute approximate surface area is 107 Å². The van der Waals surface area contributed by atoms with Crippen molar-refractivity contribution in [1.29, 1.82) is 0 Å². The summed E-state index contributed by atoms with van der Waals surface area (Å²) in [5.74, 6) is 0.